The summed E-state index contributed by atoms with van der Waals surface area (Å²) >= 11 is 3.58. The lowest BCUT2D eigenvalue weighted by atomic mass is 10.1. The molecular formula is C16H14BrNO. The van der Waals surface area contributed by atoms with E-state index in [4.69, 9.17) is 4.42 Å². The maximum atomic E-state index is 5.54. The molecule has 0 saturated carbocycles. The number of hydrogen-bond acceptors (Lipinski definition) is 2. The van der Waals surface area contributed by atoms with Gasteiger partial charge in [-0.1, -0.05) is 24.3 Å². The summed E-state index contributed by atoms with van der Waals surface area (Å²) in [7, 11) is 0. The summed E-state index contributed by atoms with van der Waals surface area (Å²) in [6.45, 7) is 2.83. The van der Waals surface area contributed by atoms with Gasteiger partial charge in [0.1, 0.15) is 5.58 Å². The van der Waals surface area contributed by atoms with Gasteiger partial charge in [-0.2, -0.15) is 0 Å². The van der Waals surface area contributed by atoms with Gasteiger partial charge in [-0.3, -0.25) is 0 Å². The van der Waals surface area contributed by atoms with Gasteiger partial charge in [-0.05, 0) is 46.6 Å². The van der Waals surface area contributed by atoms with Gasteiger partial charge in [0.2, 0.25) is 0 Å². The monoisotopic (exact) mass is 315 g/mol. The van der Waals surface area contributed by atoms with E-state index in [2.05, 4.69) is 52.4 Å². The molecule has 0 amide bonds. The number of furan rings is 1. The number of halogens is 1. The number of rotatable bonds is 3. The zero-order valence-corrected chi connectivity index (χ0v) is 12.2. The van der Waals surface area contributed by atoms with Gasteiger partial charge in [0, 0.05) is 27.7 Å². The summed E-state index contributed by atoms with van der Waals surface area (Å²) in [4.78, 5) is 0. The number of fused-ring (bicyclic) bond motifs is 1. The van der Waals surface area contributed by atoms with Crippen LogP contribution >= 0.6 is 15.9 Å². The molecule has 0 radical (unpaired) electrons. The molecule has 3 rings (SSSR count). The van der Waals surface area contributed by atoms with Crippen LogP contribution in [0.15, 0.2) is 57.6 Å². The molecule has 1 aromatic heterocycles. The molecule has 2 nitrogen and oxygen atoms in total. The molecule has 0 aliphatic rings. The number of benzene rings is 2. The lowest BCUT2D eigenvalue weighted by Gasteiger charge is -2.08. The summed E-state index contributed by atoms with van der Waals surface area (Å²) < 4.78 is 6.62. The highest BCUT2D eigenvalue weighted by Crippen LogP contribution is 2.26. The third kappa shape index (κ3) is 2.51. The van der Waals surface area contributed by atoms with Crippen molar-refractivity contribution < 1.29 is 4.42 Å². The normalized spacial score (nSPS) is 10.8. The average Bonchev–Trinajstić information content (AvgIpc) is 2.81. The minimum Gasteiger partial charge on any atom is -0.464 e. The van der Waals surface area contributed by atoms with Gasteiger partial charge in [0.05, 0.1) is 6.26 Å². The number of nitrogens with one attached hydrogen (secondary N) is 1. The van der Waals surface area contributed by atoms with E-state index in [1.165, 1.54) is 16.5 Å². The Morgan fingerprint density at radius 2 is 2.00 bits per heavy atom. The van der Waals surface area contributed by atoms with E-state index in [1.807, 2.05) is 24.5 Å². The molecule has 3 heteroatoms. The zero-order valence-electron chi connectivity index (χ0n) is 10.6. The van der Waals surface area contributed by atoms with Crippen LogP contribution in [0.5, 0.6) is 0 Å². The highest BCUT2D eigenvalue weighted by Gasteiger charge is 2.05. The van der Waals surface area contributed by atoms with Gasteiger partial charge in [-0.15, -0.1) is 0 Å². The van der Waals surface area contributed by atoms with Gasteiger partial charge in [0.15, 0.2) is 0 Å². The Hall–Kier alpha value is -1.74. The predicted molar refractivity (Wildman–Crippen MR) is 82.4 cm³/mol. The van der Waals surface area contributed by atoms with E-state index in [1.54, 1.807) is 0 Å². The summed E-state index contributed by atoms with van der Waals surface area (Å²) in [6, 6.07) is 14.4. The fourth-order valence-electron chi connectivity index (χ4n) is 2.12. The fourth-order valence-corrected chi connectivity index (χ4v) is 2.76. The molecule has 3 aromatic rings. The first-order valence-electron chi connectivity index (χ1n) is 6.19. The van der Waals surface area contributed by atoms with Gasteiger partial charge in [-0.25, -0.2) is 0 Å². The van der Waals surface area contributed by atoms with Crippen molar-refractivity contribution in [2.75, 3.05) is 5.32 Å². The first-order chi connectivity index (χ1) is 9.24. The van der Waals surface area contributed by atoms with Crippen molar-refractivity contribution in [2.24, 2.45) is 0 Å². The first kappa shape index (κ1) is 12.3. The maximum absolute atomic E-state index is 5.54. The first-order valence-corrected chi connectivity index (χ1v) is 6.98. The van der Waals surface area contributed by atoms with E-state index >= 15 is 0 Å². The van der Waals surface area contributed by atoms with Crippen molar-refractivity contribution >= 4 is 32.6 Å². The van der Waals surface area contributed by atoms with Crippen molar-refractivity contribution in [3.05, 3.63) is 64.3 Å². The molecule has 0 bridgehead atoms. The Bertz CT molecular complexity index is 718. The molecule has 0 aliphatic carbocycles. The number of aryl methyl sites for hydroxylation is 1. The second kappa shape index (κ2) is 5.10. The Balaban J connectivity index is 1.82. The van der Waals surface area contributed by atoms with Crippen LogP contribution in [-0.4, -0.2) is 0 Å². The van der Waals surface area contributed by atoms with Crippen LogP contribution in [0.2, 0.25) is 0 Å². The largest absolute Gasteiger partial charge is 0.464 e. The third-order valence-electron chi connectivity index (χ3n) is 3.16. The second-order valence-electron chi connectivity index (χ2n) is 4.59. The van der Waals surface area contributed by atoms with E-state index < -0.39 is 0 Å². The van der Waals surface area contributed by atoms with Crippen LogP contribution in [0.1, 0.15) is 11.1 Å². The van der Waals surface area contributed by atoms with Crippen molar-refractivity contribution in [2.45, 2.75) is 13.5 Å². The molecule has 2 aromatic carbocycles. The Morgan fingerprint density at radius 3 is 2.84 bits per heavy atom. The molecule has 96 valence electrons. The Labute approximate surface area is 120 Å². The number of hydrogen-bond donors (Lipinski definition) is 1. The molecule has 1 N–H and O–H groups in total. The topological polar surface area (TPSA) is 25.2 Å². The summed E-state index contributed by atoms with van der Waals surface area (Å²) in [6.07, 6.45) is 1.82. The molecule has 0 fully saturated rings. The van der Waals surface area contributed by atoms with Crippen LogP contribution in [0.3, 0.4) is 0 Å². The Kier molecular flexibility index (Phi) is 3.30. The minimum absolute atomic E-state index is 0.749. The van der Waals surface area contributed by atoms with Crippen molar-refractivity contribution in [3.8, 4) is 0 Å². The number of anilines is 1. The van der Waals surface area contributed by atoms with E-state index in [9.17, 15) is 0 Å². The highest BCUT2D eigenvalue weighted by molar-refractivity contribution is 9.10. The van der Waals surface area contributed by atoms with Gasteiger partial charge >= 0.3 is 0 Å². The maximum Gasteiger partial charge on any atom is 0.134 e. The minimum atomic E-state index is 0.749. The van der Waals surface area contributed by atoms with Crippen LogP contribution < -0.4 is 5.32 Å². The molecule has 19 heavy (non-hydrogen) atoms. The molecule has 0 unspecified atom stereocenters. The lowest BCUT2D eigenvalue weighted by Crippen LogP contribution is -1.99. The van der Waals surface area contributed by atoms with Crippen molar-refractivity contribution in [1.29, 1.82) is 0 Å². The van der Waals surface area contributed by atoms with E-state index in [0.29, 0.717) is 0 Å². The third-order valence-corrected chi connectivity index (χ3v) is 3.81. The quantitative estimate of drug-likeness (QED) is 0.726. The smallest absolute Gasteiger partial charge is 0.134 e. The summed E-state index contributed by atoms with van der Waals surface area (Å²) in [5.74, 6) is 0. The molecule has 1 heterocycles. The fraction of sp³-hybridized carbons (Fsp3) is 0.125. The number of para-hydroxylation sites is 1. The van der Waals surface area contributed by atoms with Crippen molar-refractivity contribution in [1.82, 2.24) is 0 Å². The second-order valence-corrected chi connectivity index (χ2v) is 5.45. The van der Waals surface area contributed by atoms with Crippen LogP contribution in [0, 0.1) is 6.92 Å². The Morgan fingerprint density at radius 1 is 1.16 bits per heavy atom. The predicted octanol–water partition coefficient (Wildman–Crippen LogP) is 5.12. The van der Waals surface area contributed by atoms with E-state index in [0.717, 1.165) is 22.3 Å². The SMILES string of the molecule is Cc1ccc(NCc2coc3ccccc23)c(Br)c1. The molecule has 0 saturated heterocycles. The van der Waals surface area contributed by atoms with E-state index in [-0.39, 0.29) is 0 Å². The summed E-state index contributed by atoms with van der Waals surface area (Å²) in [5, 5.41) is 4.59. The molecule has 0 spiro atoms. The van der Waals surface area contributed by atoms with Crippen molar-refractivity contribution in [3.63, 3.8) is 0 Å². The summed E-state index contributed by atoms with van der Waals surface area (Å²) in [5.41, 5.74) is 4.44. The molecule has 0 aliphatic heterocycles. The molecular weight excluding hydrogens is 302 g/mol. The zero-order chi connectivity index (χ0) is 13.2. The van der Waals surface area contributed by atoms with Gasteiger partial charge < -0.3 is 9.73 Å². The molecule has 0 atom stereocenters. The lowest BCUT2D eigenvalue weighted by molar-refractivity contribution is 0.611. The standard InChI is InChI=1S/C16H14BrNO/c1-11-6-7-15(14(17)8-11)18-9-12-10-19-16-5-3-2-4-13(12)16/h2-8,10,18H,9H2,1H3. The van der Waals surface area contributed by atoms with Crippen LogP contribution in [0.4, 0.5) is 5.69 Å². The average molecular weight is 316 g/mol. The van der Waals surface area contributed by atoms with Gasteiger partial charge in [0.25, 0.3) is 0 Å². The van der Waals surface area contributed by atoms with Crippen LogP contribution in [0.25, 0.3) is 11.0 Å². The highest BCUT2D eigenvalue weighted by atomic mass is 79.9. The van der Waals surface area contributed by atoms with Crippen LogP contribution in [-0.2, 0) is 6.54 Å².